The van der Waals surface area contributed by atoms with Crippen LogP contribution in [0.2, 0.25) is 0 Å². The third kappa shape index (κ3) is 3.73. The van der Waals surface area contributed by atoms with Crippen molar-refractivity contribution in [1.29, 1.82) is 0 Å². The van der Waals surface area contributed by atoms with Crippen LogP contribution in [0.1, 0.15) is 21.7 Å². The van der Waals surface area contributed by atoms with E-state index < -0.39 is 0 Å². The first-order valence-corrected chi connectivity index (χ1v) is 9.25. The zero-order valence-electron chi connectivity index (χ0n) is 15.9. The number of benzene rings is 2. The summed E-state index contributed by atoms with van der Waals surface area (Å²) in [7, 11) is 0. The lowest BCUT2D eigenvalue weighted by Crippen LogP contribution is -2.31. The van der Waals surface area contributed by atoms with Crippen LogP contribution in [0.5, 0.6) is 5.75 Å². The van der Waals surface area contributed by atoms with E-state index in [0.29, 0.717) is 11.3 Å². The quantitative estimate of drug-likeness (QED) is 0.562. The van der Waals surface area contributed by atoms with Crippen LogP contribution in [0.3, 0.4) is 0 Å². The molecule has 2 heterocycles. The van der Waals surface area contributed by atoms with Gasteiger partial charge < -0.3 is 5.11 Å². The summed E-state index contributed by atoms with van der Waals surface area (Å²) in [6.45, 7) is 2.09. The molecule has 144 valence electrons. The van der Waals surface area contributed by atoms with Crippen LogP contribution in [0.4, 0.5) is 5.69 Å². The van der Waals surface area contributed by atoms with Crippen LogP contribution in [0.15, 0.2) is 85.2 Å². The second-order valence-corrected chi connectivity index (χ2v) is 6.59. The minimum atomic E-state index is -0.253. The number of carbonyl (C=O) groups is 1. The average Bonchev–Trinajstić information content (AvgIpc) is 3.15. The largest absolute Gasteiger partial charge is 0.506 e. The van der Waals surface area contributed by atoms with Crippen LogP contribution in [-0.2, 0) is 6.54 Å². The number of nitrogens with zero attached hydrogens (tertiary/aromatic N) is 4. The monoisotopic (exact) mass is 384 g/mol. The Kier molecular flexibility index (Phi) is 5.07. The Hall–Kier alpha value is -3.93. The molecule has 4 aromatic rings. The van der Waals surface area contributed by atoms with E-state index in [9.17, 15) is 9.90 Å². The van der Waals surface area contributed by atoms with Crippen molar-refractivity contribution in [2.24, 2.45) is 0 Å². The predicted molar refractivity (Wildman–Crippen MR) is 111 cm³/mol. The summed E-state index contributed by atoms with van der Waals surface area (Å²) >= 11 is 0. The Morgan fingerprint density at radius 3 is 2.45 bits per heavy atom. The third-order valence-corrected chi connectivity index (χ3v) is 4.70. The van der Waals surface area contributed by atoms with E-state index >= 15 is 0 Å². The molecule has 0 aliphatic carbocycles. The fourth-order valence-electron chi connectivity index (χ4n) is 3.21. The first-order chi connectivity index (χ1) is 14.1. The molecule has 2 aromatic heterocycles. The number of pyridine rings is 1. The molecule has 0 bridgehead atoms. The molecule has 1 amide bonds. The molecular formula is C23H20N4O2. The number of phenols is 1. The van der Waals surface area contributed by atoms with E-state index in [0.717, 1.165) is 17.1 Å². The first kappa shape index (κ1) is 18.4. The maximum atomic E-state index is 13.5. The Morgan fingerprint density at radius 2 is 1.72 bits per heavy atom. The van der Waals surface area contributed by atoms with Crippen LogP contribution < -0.4 is 4.90 Å². The Balaban J connectivity index is 1.74. The van der Waals surface area contributed by atoms with Gasteiger partial charge in [0.1, 0.15) is 5.75 Å². The second-order valence-electron chi connectivity index (χ2n) is 6.59. The summed E-state index contributed by atoms with van der Waals surface area (Å²) in [6.07, 6.45) is 3.25. The van der Waals surface area contributed by atoms with E-state index in [4.69, 9.17) is 0 Å². The van der Waals surface area contributed by atoms with Crippen molar-refractivity contribution in [2.45, 2.75) is 13.5 Å². The number of aromatic hydroxyl groups is 1. The minimum Gasteiger partial charge on any atom is -0.506 e. The number of phenolic OH excluding ortho intramolecular Hbond substituents is 1. The highest BCUT2D eigenvalue weighted by Gasteiger charge is 2.25. The number of hydrogen-bond donors (Lipinski definition) is 1. The van der Waals surface area contributed by atoms with Gasteiger partial charge in [-0.3, -0.25) is 14.7 Å². The van der Waals surface area contributed by atoms with Gasteiger partial charge in [-0.1, -0.05) is 36.4 Å². The Bertz CT molecular complexity index is 1120. The molecule has 0 fully saturated rings. The maximum Gasteiger partial charge on any atom is 0.262 e. The zero-order chi connectivity index (χ0) is 20.2. The van der Waals surface area contributed by atoms with Gasteiger partial charge in [0.15, 0.2) is 0 Å². The van der Waals surface area contributed by atoms with E-state index in [1.54, 1.807) is 41.3 Å². The SMILES string of the molecule is Cc1c(C(=O)N(Cc2ccccn2)c2ccccc2O)cnn1-c1ccccc1. The molecule has 0 saturated carbocycles. The summed E-state index contributed by atoms with van der Waals surface area (Å²) in [5, 5.41) is 14.8. The first-order valence-electron chi connectivity index (χ1n) is 9.25. The number of anilines is 1. The molecule has 0 atom stereocenters. The normalized spacial score (nSPS) is 10.7. The van der Waals surface area contributed by atoms with Gasteiger partial charge in [-0.15, -0.1) is 0 Å². The summed E-state index contributed by atoms with van der Waals surface area (Å²) < 4.78 is 1.73. The molecule has 0 saturated heterocycles. The molecule has 1 N–H and O–H groups in total. The molecule has 0 unspecified atom stereocenters. The predicted octanol–water partition coefficient (Wildman–Crippen LogP) is 4.13. The fraction of sp³-hybridized carbons (Fsp3) is 0.0870. The minimum absolute atomic E-state index is 0.0323. The number of hydrogen-bond acceptors (Lipinski definition) is 4. The van der Waals surface area contributed by atoms with E-state index in [1.807, 2.05) is 55.5 Å². The molecular weight excluding hydrogens is 364 g/mol. The van der Waals surface area contributed by atoms with Crippen LogP contribution in [0.25, 0.3) is 5.69 Å². The highest BCUT2D eigenvalue weighted by atomic mass is 16.3. The van der Waals surface area contributed by atoms with Crippen molar-refractivity contribution in [3.63, 3.8) is 0 Å². The highest BCUT2D eigenvalue weighted by molar-refractivity contribution is 6.07. The van der Waals surface area contributed by atoms with Crippen LogP contribution in [-0.4, -0.2) is 25.8 Å². The number of aromatic nitrogens is 3. The average molecular weight is 384 g/mol. The second kappa shape index (κ2) is 7.98. The molecule has 0 radical (unpaired) electrons. The molecule has 0 spiro atoms. The van der Waals surface area contributed by atoms with Crippen molar-refractivity contribution < 1.29 is 9.90 Å². The summed E-state index contributed by atoms with van der Waals surface area (Å²) in [4.78, 5) is 19.4. The summed E-state index contributed by atoms with van der Waals surface area (Å²) in [5.41, 5.74) is 3.21. The van der Waals surface area contributed by atoms with Gasteiger partial charge in [-0.25, -0.2) is 4.68 Å². The number of para-hydroxylation sites is 3. The Morgan fingerprint density at radius 1 is 1.00 bits per heavy atom. The van der Waals surface area contributed by atoms with E-state index in [2.05, 4.69) is 10.1 Å². The van der Waals surface area contributed by atoms with Gasteiger partial charge in [-0.05, 0) is 43.3 Å². The number of amides is 1. The van der Waals surface area contributed by atoms with Gasteiger partial charge in [0.05, 0.1) is 41.1 Å². The molecule has 4 rings (SSSR count). The molecule has 6 heteroatoms. The lowest BCUT2D eigenvalue weighted by atomic mass is 10.1. The lowest BCUT2D eigenvalue weighted by Gasteiger charge is -2.23. The van der Waals surface area contributed by atoms with Crippen molar-refractivity contribution in [1.82, 2.24) is 14.8 Å². The van der Waals surface area contributed by atoms with Crippen molar-refractivity contribution >= 4 is 11.6 Å². The van der Waals surface area contributed by atoms with Gasteiger partial charge in [0, 0.05) is 6.20 Å². The number of rotatable bonds is 5. The third-order valence-electron chi connectivity index (χ3n) is 4.70. The smallest absolute Gasteiger partial charge is 0.262 e. The highest BCUT2D eigenvalue weighted by Crippen LogP contribution is 2.30. The fourth-order valence-corrected chi connectivity index (χ4v) is 3.21. The topological polar surface area (TPSA) is 71.2 Å². The molecule has 29 heavy (non-hydrogen) atoms. The molecule has 0 aliphatic rings. The van der Waals surface area contributed by atoms with Crippen molar-refractivity contribution in [2.75, 3.05) is 4.90 Å². The van der Waals surface area contributed by atoms with Gasteiger partial charge in [0.2, 0.25) is 0 Å². The molecule has 2 aromatic carbocycles. The maximum absolute atomic E-state index is 13.5. The molecule has 6 nitrogen and oxygen atoms in total. The van der Waals surface area contributed by atoms with Crippen molar-refractivity contribution in [3.05, 3.63) is 102 Å². The summed E-state index contributed by atoms with van der Waals surface area (Å²) in [5.74, 6) is -0.221. The van der Waals surface area contributed by atoms with E-state index in [1.165, 1.54) is 4.90 Å². The van der Waals surface area contributed by atoms with E-state index in [-0.39, 0.29) is 18.2 Å². The standard InChI is InChI=1S/C23H20N4O2/c1-17-20(15-25-27(17)19-10-3-2-4-11-19)23(29)26(16-18-9-7-8-14-24-18)21-12-5-6-13-22(21)28/h2-15,28H,16H2,1H3. The van der Waals surface area contributed by atoms with Gasteiger partial charge in [0.25, 0.3) is 5.91 Å². The zero-order valence-corrected chi connectivity index (χ0v) is 15.9. The van der Waals surface area contributed by atoms with Crippen LogP contribution >= 0.6 is 0 Å². The van der Waals surface area contributed by atoms with Crippen molar-refractivity contribution in [3.8, 4) is 11.4 Å². The van der Waals surface area contributed by atoms with Gasteiger partial charge in [-0.2, -0.15) is 5.10 Å². The lowest BCUT2D eigenvalue weighted by molar-refractivity contribution is 0.0983. The summed E-state index contributed by atoms with van der Waals surface area (Å²) in [6, 6.07) is 22.0. The Labute approximate surface area is 168 Å². The number of carbonyl (C=O) groups excluding carboxylic acids is 1. The molecule has 0 aliphatic heterocycles. The van der Waals surface area contributed by atoms with Crippen LogP contribution in [0, 0.1) is 6.92 Å². The van der Waals surface area contributed by atoms with Gasteiger partial charge >= 0.3 is 0 Å².